The lowest BCUT2D eigenvalue weighted by Crippen LogP contribution is -2.24. The zero-order valence-electron chi connectivity index (χ0n) is 10.5. The Kier molecular flexibility index (Phi) is 5.68. The van der Waals surface area contributed by atoms with E-state index < -0.39 is 0 Å². The molecule has 3 heteroatoms. The van der Waals surface area contributed by atoms with E-state index in [1.807, 2.05) is 24.3 Å². The molecular formula is C14H20N2O. The van der Waals surface area contributed by atoms with Gasteiger partial charge in [0.15, 0.2) is 0 Å². The van der Waals surface area contributed by atoms with Crippen LogP contribution in [0, 0.1) is 17.2 Å². The van der Waals surface area contributed by atoms with Crippen molar-refractivity contribution in [3.63, 3.8) is 0 Å². The number of aliphatic hydroxyl groups is 1. The number of aliphatic hydroxyl groups excluding tert-OH is 1. The van der Waals surface area contributed by atoms with Crippen LogP contribution in [0.15, 0.2) is 24.3 Å². The molecule has 2 N–H and O–H groups in total. The van der Waals surface area contributed by atoms with Gasteiger partial charge in [0.1, 0.15) is 0 Å². The van der Waals surface area contributed by atoms with Crippen LogP contribution in [0.5, 0.6) is 0 Å². The fourth-order valence-electron chi connectivity index (χ4n) is 1.66. The van der Waals surface area contributed by atoms with Gasteiger partial charge in [-0.15, -0.1) is 0 Å². The highest BCUT2D eigenvalue weighted by molar-refractivity contribution is 5.32. The third-order valence-electron chi connectivity index (χ3n) is 2.93. The molecule has 3 nitrogen and oxygen atoms in total. The zero-order chi connectivity index (χ0) is 12.7. The van der Waals surface area contributed by atoms with Gasteiger partial charge in [0.25, 0.3) is 0 Å². The first-order valence-electron chi connectivity index (χ1n) is 6.01. The molecule has 1 aromatic carbocycles. The van der Waals surface area contributed by atoms with Gasteiger partial charge in [-0.3, -0.25) is 0 Å². The molecule has 0 saturated carbocycles. The summed E-state index contributed by atoms with van der Waals surface area (Å²) in [5, 5.41) is 21.0. The molecule has 92 valence electrons. The monoisotopic (exact) mass is 232 g/mol. The average molecular weight is 232 g/mol. The van der Waals surface area contributed by atoms with E-state index in [1.54, 1.807) is 0 Å². The molecular weight excluding hydrogens is 212 g/mol. The van der Waals surface area contributed by atoms with Crippen LogP contribution in [0.4, 0.5) is 0 Å². The highest BCUT2D eigenvalue weighted by atomic mass is 16.3. The summed E-state index contributed by atoms with van der Waals surface area (Å²) >= 11 is 0. The Labute approximate surface area is 103 Å². The Morgan fingerprint density at radius 1 is 1.29 bits per heavy atom. The summed E-state index contributed by atoms with van der Waals surface area (Å²) in [4.78, 5) is 0. The van der Waals surface area contributed by atoms with E-state index in [0.717, 1.165) is 13.0 Å². The fourth-order valence-corrected chi connectivity index (χ4v) is 1.66. The van der Waals surface area contributed by atoms with Crippen LogP contribution in [0.1, 0.15) is 37.4 Å². The Bertz CT molecular complexity index is 367. The summed E-state index contributed by atoms with van der Waals surface area (Å²) in [6.07, 6.45) is 0.826. The van der Waals surface area contributed by atoms with Gasteiger partial charge in [0, 0.05) is 12.6 Å². The Morgan fingerprint density at radius 2 is 1.94 bits per heavy atom. The topological polar surface area (TPSA) is 56.0 Å². The number of hydrogen-bond acceptors (Lipinski definition) is 3. The number of nitriles is 1. The third kappa shape index (κ3) is 4.56. The maximum Gasteiger partial charge on any atom is 0.0991 e. The first-order chi connectivity index (χ1) is 8.17. The van der Waals surface area contributed by atoms with Crippen LogP contribution >= 0.6 is 0 Å². The highest BCUT2D eigenvalue weighted by Crippen LogP contribution is 2.13. The summed E-state index contributed by atoms with van der Waals surface area (Å²) in [5.41, 5.74) is 1.87. The molecule has 2 unspecified atom stereocenters. The molecule has 0 heterocycles. The molecule has 0 aromatic heterocycles. The van der Waals surface area contributed by atoms with Crippen molar-refractivity contribution in [3.8, 4) is 6.07 Å². The van der Waals surface area contributed by atoms with Crippen molar-refractivity contribution in [1.82, 2.24) is 5.32 Å². The summed E-state index contributed by atoms with van der Waals surface area (Å²) in [5.74, 6) is 0.473. The van der Waals surface area contributed by atoms with Crippen molar-refractivity contribution in [2.75, 3.05) is 13.2 Å². The summed E-state index contributed by atoms with van der Waals surface area (Å²) < 4.78 is 0. The van der Waals surface area contributed by atoms with Gasteiger partial charge in [-0.05, 0) is 43.5 Å². The molecule has 1 rings (SSSR count). The molecule has 0 spiro atoms. The van der Waals surface area contributed by atoms with Gasteiger partial charge in [-0.2, -0.15) is 5.26 Å². The van der Waals surface area contributed by atoms with Crippen LogP contribution in [-0.4, -0.2) is 18.3 Å². The standard InChI is InChI=1S/C14H20N2O/c1-11(7-8-17)10-16-12(2)14-5-3-13(9-15)4-6-14/h3-6,11-12,16-17H,7-8,10H2,1-2H3. The van der Waals surface area contributed by atoms with Crippen LogP contribution in [0.25, 0.3) is 0 Å². The highest BCUT2D eigenvalue weighted by Gasteiger charge is 2.07. The van der Waals surface area contributed by atoms with Crippen LogP contribution in [0.3, 0.4) is 0 Å². The molecule has 17 heavy (non-hydrogen) atoms. The number of nitrogens with one attached hydrogen (secondary N) is 1. The fraction of sp³-hybridized carbons (Fsp3) is 0.500. The first-order valence-corrected chi connectivity index (χ1v) is 6.01. The molecule has 2 atom stereocenters. The van der Waals surface area contributed by atoms with Crippen LogP contribution in [-0.2, 0) is 0 Å². The summed E-state index contributed by atoms with van der Waals surface area (Å²) in [6.45, 7) is 5.36. The van der Waals surface area contributed by atoms with Gasteiger partial charge in [-0.25, -0.2) is 0 Å². The average Bonchev–Trinajstić information content (AvgIpc) is 2.36. The van der Waals surface area contributed by atoms with E-state index in [-0.39, 0.29) is 12.6 Å². The molecule has 0 fully saturated rings. The summed E-state index contributed by atoms with van der Waals surface area (Å²) in [6, 6.07) is 10.0. The first kappa shape index (κ1) is 13.7. The van der Waals surface area contributed by atoms with E-state index in [4.69, 9.17) is 10.4 Å². The molecule has 0 amide bonds. The lowest BCUT2D eigenvalue weighted by Gasteiger charge is -2.17. The van der Waals surface area contributed by atoms with Crippen molar-refractivity contribution < 1.29 is 5.11 Å². The zero-order valence-corrected chi connectivity index (χ0v) is 10.5. The van der Waals surface area contributed by atoms with E-state index in [1.165, 1.54) is 5.56 Å². The van der Waals surface area contributed by atoms with Crippen LogP contribution < -0.4 is 5.32 Å². The van der Waals surface area contributed by atoms with Crippen molar-refractivity contribution >= 4 is 0 Å². The number of hydrogen-bond donors (Lipinski definition) is 2. The molecule has 0 bridgehead atoms. The Morgan fingerprint density at radius 3 is 2.47 bits per heavy atom. The van der Waals surface area contributed by atoms with E-state index in [2.05, 4.69) is 25.2 Å². The van der Waals surface area contributed by atoms with Crippen molar-refractivity contribution in [2.45, 2.75) is 26.3 Å². The van der Waals surface area contributed by atoms with Gasteiger partial charge in [0.05, 0.1) is 11.6 Å². The predicted octanol–water partition coefficient (Wildman–Crippen LogP) is 2.23. The summed E-state index contributed by atoms with van der Waals surface area (Å²) in [7, 11) is 0. The maximum atomic E-state index is 8.82. The second-order valence-corrected chi connectivity index (χ2v) is 4.48. The van der Waals surface area contributed by atoms with E-state index in [9.17, 15) is 0 Å². The minimum absolute atomic E-state index is 0.244. The van der Waals surface area contributed by atoms with Crippen molar-refractivity contribution in [3.05, 3.63) is 35.4 Å². The second-order valence-electron chi connectivity index (χ2n) is 4.48. The minimum Gasteiger partial charge on any atom is -0.396 e. The number of nitrogens with zero attached hydrogens (tertiary/aromatic N) is 1. The lowest BCUT2D eigenvalue weighted by molar-refractivity contribution is 0.258. The Hall–Kier alpha value is -1.37. The molecule has 0 aliphatic heterocycles. The van der Waals surface area contributed by atoms with Gasteiger partial charge in [-0.1, -0.05) is 19.1 Å². The number of benzene rings is 1. The van der Waals surface area contributed by atoms with E-state index >= 15 is 0 Å². The van der Waals surface area contributed by atoms with Gasteiger partial charge < -0.3 is 10.4 Å². The second kappa shape index (κ2) is 7.05. The van der Waals surface area contributed by atoms with Gasteiger partial charge in [0.2, 0.25) is 0 Å². The third-order valence-corrected chi connectivity index (χ3v) is 2.93. The molecule has 0 radical (unpaired) electrons. The Balaban J connectivity index is 2.46. The molecule has 0 aliphatic rings. The largest absolute Gasteiger partial charge is 0.396 e. The van der Waals surface area contributed by atoms with Crippen molar-refractivity contribution in [1.29, 1.82) is 5.26 Å². The predicted molar refractivity (Wildman–Crippen MR) is 68.4 cm³/mol. The van der Waals surface area contributed by atoms with E-state index in [0.29, 0.717) is 11.5 Å². The smallest absolute Gasteiger partial charge is 0.0991 e. The van der Waals surface area contributed by atoms with Crippen LogP contribution in [0.2, 0.25) is 0 Å². The van der Waals surface area contributed by atoms with Crippen molar-refractivity contribution in [2.24, 2.45) is 5.92 Å². The molecule has 0 aliphatic carbocycles. The lowest BCUT2D eigenvalue weighted by atomic mass is 10.0. The quantitative estimate of drug-likeness (QED) is 0.790. The molecule has 0 saturated heterocycles. The maximum absolute atomic E-state index is 8.82. The number of rotatable bonds is 6. The minimum atomic E-state index is 0.244. The van der Waals surface area contributed by atoms with Gasteiger partial charge >= 0.3 is 0 Å². The molecule has 1 aromatic rings. The SMILES string of the molecule is CC(CCO)CNC(C)c1ccc(C#N)cc1. The normalized spacial score (nSPS) is 14.0.